The Morgan fingerprint density at radius 1 is 1.38 bits per heavy atom. The first-order valence-electron chi connectivity index (χ1n) is 4.78. The van der Waals surface area contributed by atoms with Crippen LogP contribution in [0, 0.1) is 5.82 Å². The SMILES string of the molecule is C=C(C)CNC(=S)NNc1ccc(F)cc1. The van der Waals surface area contributed by atoms with E-state index in [-0.39, 0.29) is 5.82 Å². The van der Waals surface area contributed by atoms with Gasteiger partial charge in [0.25, 0.3) is 0 Å². The molecule has 1 aromatic carbocycles. The number of hydrogen-bond acceptors (Lipinski definition) is 2. The van der Waals surface area contributed by atoms with E-state index < -0.39 is 0 Å². The van der Waals surface area contributed by atoms with E-state index in [1.807, 2.05) is 6.92 Å². The van der Waals surface area contributed by atoms with E-state index in [4.69, 9.17) is 12.2 Å². The van der Waals surface area contributed by atoms with E-state index in [1.54, 1.807) is 12.1 Å². The second-order valence-corrected chi connectivity index (χ2v) is 3.80. The van der Waals surface area contributed by atoms with Crippen LogP contribution in [0.3, 0.4) is 0 Å². The Bertz CT molecular complexity index is 375. The standard InChI is InChI=1S/C11H14FN3S/c1-8(2)7-13-11(16)15-14-10-5-3-9(12)4-6-10/h3-6,14H,1,7H2,2H3,(H2,13,15,16). The molecule has 0 aliphatic carbocycles. The fraction of sp³-hybridized carbons (Fsp3) is 0.182. The minimum Gasteiger partial charge on any atom is -0.358 e. The number of hydrazine groups is 1. The lowest BCUT2D eigenvalue weighted by molar-refractivity contribution is 0.628. The predicted octanol–water partition coefficient (Wildman–Crippen LogP) is 2.19. The van der Waals surface area contributed by atoms with Crippen LogP contribution in [0.15, 0.2) is 36.4 Å². The highest BCUT2D eigenvalue weighted by molar-refractivity contribution is 7.80. The van der Waals surface area contributed by atoms with Crippen molar-refractivity contribution in [2.24, 2.45) is 0 Å². The van der Waals surface area contributed by atoms with E-state index in [0.29, 0.717) is 11.7 Å². The fourth-order valence-electron chi connectivity index (χ4n) is 0.938. The lowest BCUT2D eigenvalue weighted by Crippen LogP contribution is -2.39. The molecule has 1 aromatic rings. The number of benzene rings is 1. The minimum atomic E-state index is -0.270. The summed E-state index contributed by atoms with van der Waals surface area (Å²) in [4.78, 5) is 0. The molecule has 5 heteroatoms. The number of nitrogens with one attached hydrogen (secondary N) is 3. The topological polar surface area (TPSA) is 36.1 Å². The van der Waals surface area contributed by atoms with Gasteiger partial charge in [-0.25, -0.2) is 4.39 Å². The maximum absolute atomic E-state index is 12.6. The molecule has 0 atom stereocenters. The van der Waals surface area contributed by atoms with Crippen LogP contribution in [0.4, 0.5) is 10.1 Å². The van der Waals surface area contributed by atoms with Gasteiger partial charge in [0.1, 0.15) is 5.82 Å². The van der Waals surface area contributed by atoms with E-state index >= 15 is 0 Å². The third kappa shape index (κ3) is 4.75. The molecule has 0 bridgehead atoms. The molecule has 0 saturated heterocycles. The molecule has 0 spiro atoms. The zero-order chi connectivity index (χ0) is 12.0. The van der Waals surface area contributed by atoms with Crippen LogP contribution in [-0.2, 0) is 0 Å². The molecule has 0 heterocycles. The van der Waals surface area contributed by atoms with E-state index in [1.165, 1.54) is 12.1 Å². The van der Waals surface area contributed by atoms with Gasteiger partial charge in [-0.2, -0.15) is 0 Å². The van der Waals surface area contributed by atoms with Gasteiger partial charge in [0, 0.05) is 6.54 Å². The molecule has 0 radical (unpaired) electrons. The van der Waals surface area contributed by atoms with Crippen molar-refractivity contribution in [2.45, 2.75) is 6.92 Å². The first kappa shape index (κ1) is 12.4. The van der Waals surface area contributed by atoms with Crippen molar-refractivity contribution in [1.29, 1.82) is 0 Å². The summed E-state index contributed by atoms with van der Waals surface area (Å²) in [5.41, 5.74) is 7.35. The highest BCUT2D eigenvalue weighted by Crippen LogP contribution is 2.06. The van der Waals surface area contributed by atoms with Gasteiger partial charge in [-0.15, -0.1) is 0 Å². The van der Waals surface area contributed by atoms with Crippen LogP contribution in [0.2, 0.25) is 0 Å². The first-order chi connectivity index (χ1) is 7.58. The molecule has 0 fully saturated rings. The van der Waals surface area contributed by atoms with E-state index in [9.17, 15) is 4.39 Å². The summed E-state index contributed by atoms with van der Waals surface area (Å²) < 4.78 is 12.6. The monoisotopic (exact) mass is 239 g/mol. The fourth-order valence-corrected chi connectivity index (χ4v) is 1.06. The van der Waals surface area contributed by atoms with Crippen LogP contribution in [0.25, 0.3) is 0 Å². The van der Waals surface area contributed by atoms with Crippen LogP contribution in [-0.4, -0.2) is 11.7 Å². The van der Waals surface area contributed by atoms with Crippen molar-refractivity contribution in [2.75, 3.05) is 12.0 Å². The second kappa shape index (κ2) is 6.07. The van der Waals surface area contributed by atoms with Crippen molar-refractivity contribution in [3.63, 3.8) is 0 Å². The van der Waals surface area contributed by atoms with Gasteiger partial charge in [-0.05, 0) is 43.4 Å². The number of halogens is 1. The smallest absolute Gasteiger partial charge is 0.185 e. The quantitative estimate of drug-likeness (QED) is 0.428. The summed E-state index contributed by atoms with van der Waals surface area (Å²) in [6.07, 6.45) is 0. The molecule has 0 amide bonds. The maximum atomic E-state index is 12.6. The minimum absolute atomic E-state index is 0.270. The third-order valence-corrected chi connectivity index (χ3v) is 1.96. The molecule has 0 aliphatic heterocycles. The van der Waals surface area contributed by atoms with Crippen LogP contribution in [0.5, 0.6) is 0 Å². The average Bonchev–Trinajstić information content (AvgIpc) is 2.25. The highest BCUT2D eigenvalue weighted by atomic mass is 32.1. The van der Waals surface area contributed by atoms with Gasteiger partial charge in [0.05, 0.1) is 5.69 Å². The molecule has 0 aromatic heterocycles. The molecule has 0 saturated carbocycles. The molecule has 1 rings (SSSR count). The van der Waals surface area contributed by atoms with Gasteiger partial charge < -0.3 is 5.32 Å². The Hall–Kier alpha value is -1.62. The number of thiocarbonyl (C=S) groups is 1. The lowest BCUT2D eigenvalue weighted by Gasteiger charge is -2.12. The van der Waals surface area contributed by atoms with E-state index in [2.05, 4.69) is 22.7 Å². The van der Waals surface area contributed by atoms with Gasteiger partial charge in [0.2, 0.25) is 0 Å². The predicted molar refractivity (Wildman–Crippen MR) is 68.6 cm³/mol. The third-order valence-electron chi connectivity index (χ3n) is 1.72. The Morgan fingerprint density at radius 3 is 2.56 bits per heavy atom. The summed E-state index contributed by atoms with van der Waals surface area (Å²) in [5, 5.41) is 3.41. The average molecular weight is 239 g/mol. The first-order valence-corrected chi connectivity index (χ1v) is 5.18. The summed E-state index contributed by atoms with van der Waals surface area (Å²) >= 11 is 5.00. The molecular formula is C11H14FN3S. The summed E-state index contributed by atoms with van der Waals surface area (Å²) in [7, 11) is 0. The Kier molecular flexibility index (Phi) is 4.72. The Balaban J connectivity index is 2.31. The van der Waals surface area contributed by atoms with Gasteiger partial charge in [-0.3, -0.25) is 10.9 Å². The largest absolute Gasteiger partial charge is 0.358 e. The zero-order valence-corrected chi connectivity index (χ0v) is 9.83. The van der Waals surface area contributed by atoms with Crippen molar-refractivity contribution >= 4 is 23.0 Å². The number of rotatable bonds is 4. The summed E-state index contributed by atoms with van der Waals surface area (Å²) in [6, 6.07) is 5.97. The Labute approximate surface area is 99.7 Å². The maximum Gasteiger partial charge on any atom is 0.185 e. The number of anilines is 1. The molecule has 16 heavy (non-hydrogen) atoms. The van der Waals surface area contributed by atoms with Gasteiger partial charge in [-0.1, -0.05) is 12.2 Å². The molecular weight excluding hydrogens is 225 g/mol. The lowest BCUT2D eigenvalue weighted by atomic mass is 10.3. The number of hydrogen-bond donors (Lipinski definition) is 3. The second-order valence-electron chi connectivity index (χ2n) is 3.40. The van der Waals surface area contributed by atoms with E-state index in [0.717, 1.165) is 11.3 Å². The molecule has 86 valence electrons. The summed E-state index contributed by atoms with van der Waals surface area (Å²) in [5.74, 6) is -0.270. The molecule has 0 unspecified atom stereocenters. The molecule has 0 aliphatic rings. The van der Waals surface area contributed by atoms with Crippen LogP contribution >= 0.6 is 12.2 Å². The van der Waals surface area contributed by atoms with Crippen LogP contribution in [0.1, 0.15) is 6.92 Å². The molecule has 3 nitrogen and oxygen atoms in total. The summed E-state index contributed by atoms with van der Waals surface area (Å²) in [6.45, 7) is 6.27. The van der Waals surface area contributed by atoms with Crippen molar-refractivity contribution in [3.8, 4) is 0 Å². The molecule has 3 N–H and O–H groups in total. The van der Waals surface area contributed by atoms with Gasteiger partial charge in [0.15, 0.2) is 5.11 Å². The van der Waals surface area contributed by atoms with Crippen molar-refractivity contribution in [1.82, 2.24) is 10.7 Å². The highest BCUT2D eigenvalue weighted by Gasteiger charge is 1.95. The van der Waals surface area contributed by atoms with Gasteiger partial charge >= 0.3 is 0 Å². The zero-order valence-electron chi connectivity index (χ0n) is 9.01. The van der Waals surface area contributed by atoms with Crippen LogP contribution < -0.4 is 16.2 Å². The normalized spacial score (nSPS) is 9.38. The Morgan fingerprint density at radius 2 is 2.00 bits per heavy atom. The van der Waals surface area contributed by atoms with Crippen molar-refractivity contribution in [3.05, 3.63) is 42.2 Å². The van der Waals surface area contributed by atoms with Crippen molar-refractivity contribution < 1.29 is 4.39 Å².